The van der Waals surface area contributed by atoms with E-state index in [9.17, 15) is 13.2 Å². The van der Waals surface area contributed by atoms with Gasteiger partial charge in [0.1, 0.15) is 5.69 Å². The zero-order valence-electron chi connectivity index (χ0n) is 14.6. The molecular weight excluding hydrogens is 352 g/mol. The monoisotopic (exact) mass is 374 g/mol. The molecule has 26 heavy (non-hydrogen) atoms. The molecule has 3 rings (SSSR count). The molecule has 8 heteroatoms. The molecule has 1 N–H and O–H groups in total. The average Bonchev–Trinajstić information content (AvgIpc) is 2.69. The molecule has 0 spiro atoms. The lowest BCUT2D eigenvalue weighted by Gasteiger charge is -2.33. The molecule has 0 radical (unpaired) electrons. The molecule has 0 unspecified atom stereocenters. The number of hydrogen-bond donors (Lipinski definition) is 1. The van der Waals surface area contributed by atoms with Crippen molar-refractivity contribution in [3.05, 3.63) is 54.4 Å². The summed E-state index contributed by atoms with van der Waals surface area (Å²) < 4.78 is 27.2. The zero-order chi connectivity index (χ0) is 18.6. The van der Waals surface area contributed by atoms with E-state index in [4.69, 9.17) is 0 Å². The third-order valence-corrected chi connectivity index (χ3v) is 6.30. The van der Waals surface area contributed by atoms with Crippen LogP contribution in [0.1, 0.15) is 17.4 Å². The van der Waals surface area contributed by atoms with Crippen LogP contribution in [0.25, 0.3) is 0 Å². The third kappa shape index (κ3) is 4.09. The number of nitrogens with one attached hydrogen (secondary N) is 1. The van der Waals surface area contributed by atoms with E-state index < -0.39 is 10.0 Å². The van der Waals surface area contributed by atoms with Crippen molar-refractivity contribution in [1.29, 1.82) is 0 Å². The minimum absolute atomic E-state index is 0.182. The molecule has 1 aliphatic heterocycles. The average molecular weight is 374 g/mol. The fraction of sp³-hybridized carbons (Fsp3) is 0.333. The number of benzene rings is 1. The highest BCUT2D eigenvalue weighted by atomic mass is 32.2. The number of carbonyl (C=O) groups excluding carboxylic acids is 1. The van der Waals surface area contributed by atoms with Crippen LogP contribution in [0, 0.1) is 0 Å². The Hall–Kier alpha value is -2.29. The fourth-order valence-electron chi connectivity index (χ4n) is 2.86. The lowest BCUT2D eigenvalue weighted by atomic mass is 10.3. The fourth-order valence-corrected chi connectivity index (χ4v) is 4.33. The molecule has 1 amide bonds. The number of carbonyl (C=O) groups is 1. The van der Waals surface area contributed by atoms with Crippen molar-refractivity contribution < 1.29 is 13.2 Å². The third-order valence-electron chi connectivity index (χ3n) is 4.41. The summed E-state index contributed by atoms with van der Waals surface area (Å²) >= 11 is 0. The summed E-state index contributed by atoms with van der Waals surface area (Å²) in [5.41, 5.74) is 0.699. The largest absolute Gasteiger partial charge is 0.321 e. The van der Waals surface area contributed by atoms with Crippen molar-refractivity contribution in [3.63, 3.8) is 0 Å². The van der Waals surface area contributed by atoms with Gasteiger partial charge in [-0.15, -0.1) is 0 Å². The van der Waals surface area contributed by atoms with Gasteiger partial charge >= 0.3 is 0 Å². The molecule has 7 nitrogen and oxygen atoms in total. The summed E-state index contributed by atoms with van der Waals surface area (Å²) in [7, 11) is -3.58. The number of hydrogen-bond acceptors (Lipinski definition) is 5. The van der Waals surface area contributed by atoms with Crippen molar-refractivity contribution in [1.82, 2.24) is 14.2 Å². The van der Waals surface area contributed by atoms with Gasteiger partial charge in [0.25, 0.3) is 5.91 Å². The van der Waals surface area contributed by atoms with Crippen molar-refractivity contribution >= 4 is 21.6 Å². The number of likely N-dealkylation sites (N-methyl/N-ethyl adjacent to an activating group) is 1. The van der Waals surface area contributed by atoms with Gasteiger partial charge in [-0.3, -0.25) is 9.78 Å². The quantitative estimate of drug-likeness (QED) is 0.861. The van der Waals surface area contributed by atoms with E-state index in [2.05, 4.69) is 22.1 Å². The SMILES string of the molecule is CCN1CCN(S(=O)(=O)c2cccc(NC(=O)c3ccccn3)c2)CC1. The number of piperazine rings is 1. The van der Waals surface area contributed by atoms with Crippen LogP contribution >= 0.6 is 0 Å². The van der Waals surface area contributed by atoms with Crippen LogP contribution in [0.15, 0.2) is 53.6 Å². The van der Waals surface area contributed by atoms with Gasteiger partial charge < -0.3 is 10.2 Å². The normalized spacial score (nSPS) is 16.3. The number of aromatic nitrogens is 1. The van der Waals surface area contributed by atoms with Gasteiger partial charge in [0.05, 0.1) is 4.90 Å². The molecule has 1 fully saturated rings. The number of anilines is 1. The maximum Gasteiger partial charge on any atom is 0.274 e. The Kier molecular flexibility index (Phi) is 5.65. The zero-order valence-corrected chi connectivity index (χ0v) is 15.4. The Bertz CT molecular complexity index is 863. The smallest absolute Gasteiger partial charge is 0.274 e. The summed E-state index contributed by atoms with van der Waals surface area (Å²) in [4.78, 5) is 18.6. The van der Waals surface area contributed by atoms with Crippen LogP contribution in [0.4, 0.5) is 5.69 Å². The highest BCUT2D eigenvalue weighted by molar-refractivity contribution is 7.89. The maximum absolute atomic E-state index is 12.9. The molecule has 1 saturated heterocycles. The van der Waals surface area contributed by atoms with Crippen molar-refractivity contribution in [2.75, 3.05) is 38.0 Å². The summed E-state index contributed by atoms with van der Waals surface area (Å²) in [6, 6.07) is 11.4. The van der Waals surface area contributed by atoms with Gasteiger partial charge in [-0.25, -0.2) is 8.42 Å². The van der Waals surface area contributed by atoms with Crippen molar-refractivity contribution in [2.24, 2.45) is 0 Å². The molecule has 2 aromatic rings. The van der Waals surface area contributed by atoms with Crippen LogP contribution in [0.2, 0.25) is 0 Å². The standard InChI is InChI=1S/C18H22N4O3S/c1-2-21-10-12-22(13-11-21)26(24,25)16-7-5-6-15(14-16)20-18(23)17-8-3-4-9-19-17/h3-9,14H,2,10-13H2,1H3,(H,20,23). The van der Waals surface area contributed by atoms with Crippen LogP contribution < -0.4 is 5.32 Å². The number of amides is 1. The first kappa shape index (κ1) is 18.5. The first-order chi connectivity index (χ1) is 12.5. The Morgan fingerprint density at radius 2 is 1.88 bits per heavy atom. The molecule has 1 aromatic carbocycles. The molecule has 138 valence electrons. The highest BCUT2D eigenvalue weighted by Gasteiger charge is 2.28. The Balaban J connectivity index is 1.75. The molecule has 0 aliphatic carbocycles. The van der Waals surface area contributed by atoms with Gasteiger partial charge in [0.2, 0.25) is 10.0 Å². The lowest BCUT2D eigenvalue weighted by molar-refractivity contribution is 0.102. The number of nitrogens with zero attached hydrogens (tertiary/aromatic N) is 3. The van der Waals surface area contributed by atoms with E-state index in [0.29, 0.717) is 18.8 Å². The second kappa shape index (κ2) is 7.94. The van der Waals surface area contributed by atoms with E-state index in [1.165, 1.54) is 16.6 Å². The lowest BCUT2D eigenvalue weighted by Crippen LogP contribution is -2.48. The van der Waals surface area contributed by atoms with Gasteiger partial charge in [-0.05, 0) is 36.9 Å². The maximum atomic E-state index is 12.9. The predicted octanol–water partition coefficient (Wildman–Crippen LogP) is 1.66. The summed E-state index contributed by atoms with van der Waals surface area (Å²) in [6.45, 7) is 5.39. The summed E-state index contributed by atoms with van der Waals surface area (Å²) in [5.74, 6) is -0.378. The molecule has 0 atom stereocenters. The van der Waals surface area contributed by atoms with Gasteiger partial charge in [0.15, 0.2) is 0 Å². The van der Waals surface area contributed by atoms with Crippen LogP contribution in [0.3, 0.4) is 0 Å². The van der Waals surface area contributed by atoms with E-state index in [-0.39, 0.29) is 16.5 Å². The molecular formula is C18H22N4O3S. The molecule has 0 bridgehead atoms. The molecule has 2 heterocycles. The Morgan fingerprint density at radius 3 is 2.54 bits per heavy atom. The molecule has 0 saturated carbocycles. The highest BCUT2D eigenvalue weighted by Crippen LogP contribution is 2.21. The van der Waals surface area contributed by atoms with E-state index in [1.807, 2.05) is 0 Å². The summed E-state index contributed by atoms with van der Waals surface area (Å²) in [5, 5.41) is 2.70. The van der Waals surface area contributed by atoms with E-state index >= 15 is 0 Å². The van der Waals surface area contributed by atoms with Crippen molar-refractivity contribution in [3.8, 4) is 0 Å². The van der Waals surface area contributed by atoms with Gasteiger partial charge in [0, 0.05) is 38.1 Å². The minimum Gasteiger partial charge on any atom is -0.321 e. The Labute approximate surface area is 153 Å². The molecule has 1 aromatic heterocycles. The van der Waals surface area contributed by atoms with Crippen LogP contribution in [-0.2, 0) is 10.0 Å². The number of sulfonamides is 1. The van der Waals surface area contributed by atoms with Gasteiger partial charge in [-0.2, -0.15) is 4.31 Å². The second-order valence-electron chi connectivity index (χ2n) is 6.04. The van der Waals surface area contributed by atoms with Crippen molar-refractivity contribution in [2.45, 2.75) is 11.8 Å². The number of rotatable bonds is 5. The minimum atomic E-state index is -3.58. The van der Waals surface area contributed by atoms with Crippen LogP contribution in [-0.4, -0.2) is 61.2 Å². The van der Waals surface area contributed by atoms with Gasteiger partial charge in [-0.1, -0.05) is 19.1 Å². The first-order valence-corrected chi connectivity index (χ1v) is 9.99. The predicted molar refractivity (Wildman–Crippen MR) is 99.5 cm³/mol. The Morgan fingerprint density at radius 1 is 1.12 bits per heavy atom. The molecule has 1 aliphatic rings. The first-order valence-electron chi connectivity index (χ1n) is 8.55. The topological polar surface area (TPSA) is 82.6 Å². The second-order valence-corrected chi connectivity index (χ2v) is 7.97. The van der Waals surface area contributed by atoms with E-state index in [1.54, 1.807) is 36.4 Å². The van der Waals surface area contributed by atoms with Crippen LogP contribution in [0.5, 0.6) is 0 Å². The van der Waals surface area contributed by atoms with E-state index in [0.717, 1.165) is 19.6 Å². The number of pyridine rings is 1. The summed E-state index contributed by atoms with van der Waals surface area (Å²) in [6.07, 6.45) is 1.53.